The Balaban J connectivity index is 2.79. The van der Waals surface area contributed by atoms with E-state index in [4.69, 9.17) is 22.7 Å². The summed E-state index contributed by atoms with van der Waals surface area (Å²) in [7, 11) is 0. The maximum atomic E-state index is 5.83. The smallest absolute Gasteiger partial charge is 0.125 e. The number of hydrogen-bond acceptors (Lipinski definition) is 2. The number of thiocarbonyl (C=S) groups is 1. The highest BCUT2D eigenvalue weighted by Crippen LogP contribution is 2.25. The summed E-state index contributed by atoms with van der Waals surface area (Å²) in [6.07, 6.45) is 0. The number of para-hydroxylation sites is 1. The number of rotatable bonds is 4. The highest BCUT2D eigenvalue weighted by atomic mass is 32.1. The van der Waals surface area contributed by atoms with E-state index in [1.54, 1.807) is 0 Å². The first-order valence-electron chi connectivity index (χ1n) is 5.33. The van der Waals surface area contributed by atoms with Gasteiger partial charge < -0.3 is 10.5 Å². The summed E-state index contributed by atoms with van der Waals surface area (Å²) in [5, 5.41) is 0. The Labute approximate surface area is 103 Å². The molecule has 0 aliphatic carbocycles. The number of hydrogen-bond donors (Lipinski definition) is 1. The van der Waals surface area contributed by atoms with Gasteiger partial charge in [0.15, 0.2) is 0 Å². The van der Waals surface area contributed by atoms with Crippen LogP contribution in [0.4, 0.5) is 0 Å². The van der Waals surface area contributed by atoms with E-state index >= 15 is 0 Å². The number of nitrogens with two attached hydrogens (primary N) is 1. The zero-order valence-corrected chi connectivity index (χ0v) is 11.1. The molecule has 1 aromatic rings. The second-order valence-electron chi connectivity index (χ2n) is 4.76. The molecule has 88 valence electrons. The molecule has 0 heterocycles. The molecule has 0 aromatic heterocycles. The molecule has 1 rings (SSSR count). The number of ether oxygens (including phenoxy) is 1. The summed E-state index contributed by atoms with van der Waals surface area (Å²) < 4.78 is 5.83. The predicted molar refractivity (Wildman–Crippen MR) is 72.0 cm³/mol. The van der Waals surface area contributed by atoms with Crippen molar-refractivity contribution in [2.75, 3.05) is 6.61 Å². The molecule has 0 saturated heterocycles. The summed E-state index contributed by atoms with van der Waals surface area (Å²) >= 11 is 5.01. The van der Waals surface area contributed by atoms with Crippen LogP contribution in [0.5, 0.6) is 5.75 Å². The molecule has 0 aliphatic rings. The SMILES string of the molecule is Cc1cccc(C)c1OCC(C)(C)C(N)=S. The first kappa shape index (κ1) is 13.0. The minimum absolute atomic E-state index is 0.274. The van der Waals surface area contributed by atoms with Crippen LogP contribution in [0.25, 0.3) is 0 Å². The lowest BCUT2D eigenvalue weighted by atomic mass is 9.95. The van der Waals surface area contributed by atoms with Crippen molar-refractivity contribution in [3.8, 4) is 5.75 Å². The van der Waals surface area contributed by atoms with Gasteiger partial charge >= 0.3 is 0 Å². The van der Waals surface area contributed by atoms with Crippen molar-refractivity contribution in [2.24, 2.45) is 11.1 Å². The third-order valence-corrected chi connectivity index (χ3v) is 3.21. The van der Waals surface area contributed by atoms with E-state index in [1.807, 2.05) is 45.9 Å². The Morgan fingerprint density at radius 1 is 1.31 bits per heavy atom. The zero-order valence-electron chi connectivity index (χ0n) is 10.3. The Bertz CT molecular complexity index is 379. The van der Waals surface area contributed by atoms with E-state index in [0.29, 0.717) is 11.6 Å². The minimum atomic E-state index is -0.274. The second kappa shape index (κ2) is 4.83. The van der Waals surface area contributed by atoms with E-state index in [9.17, 15) is 0 Å². The van der Waals surface area contributed by atoms with Crippen LogP contribution in [-0.4, -0.2) is 11.6 Å². The summed E-state index contributed by atoms with van der Waals surface area (Å²) in [5.41, 5.74) is 7.66. The maximum absolute atomic E-state index is 5.83. The molecule has 16 heavy (non-hydrogen) atoms. The first-order valence-corrected chi connectivity index (χ1v) is 5.74. The van der Waals surface area contributed by atoms with Crippen molar-refractivity contribution in [1.82, 2.24) is 0 Å². The van der Waals surface area contributed by atoms with Crippen LogP contribution in [0, 0.1) is 19.3 Å². The molecule has 0 radical (unpaired) electrons. The molecule has 2 nitrogen and oxygen atoms in total. The third-order valence-electron chi connectivity index (χ3n) is 2.65. The van der Waals surface area contributed by atoms with Gasteiger partial charge in [-0.15, -0.1) is 0 Å². The van der Waals surface area contributed by atoms with Gasteiger partial charge in [-0.1, -0.05) is 44.3 Å². The fourth-order valence-corrected chi connectivity index (χ4v) is 1.41. The van der Waals surface area contributed by atoms with Crippen LogP contribution in [0.2, 0.25) is 0 Å². The Kier molecular flexibility index (Phi) is 3.92. The van der Waals surface area contributed by atoms with Crippen molar-refractivity contribution in [3.63, 3.8) is 0 Å². The predicted octanol–water partition coefficient (Wildman–Crippen LogP) is 2.99. The highest BCUT2D eigenvalue weighted by Gasteiger charge is 2.22. The molecule has 0 amide bonds. The number of aryl methyl sites for hydroxylation is 2. The monoisotopic (exact) mass is 237 g/mol. The van der Waals surface area contributed by atoms with Gasteiger partial charge in [0.05, 0.1) is 11.6 Å². The normalized spacial score (nSPS) is 11.2. The summed E-state index contributed by atoms with van der Waals surface area (Å²) in [6, 6.07) is 6.10. The van der Waals surface area contributed by atoms with E-state index in [0.717, 1.165) is 16.9 Å². The van der Waals surface area contributed by atoms with Crippen molar-refractivity contribution in [2.45, 2.75) is 27.7 Å². The zero-order chi connectivity index (χ0) is 12.3. The molecular weight excluding hydrogens is 218 g/mol. The van der Waals surface area contributed by atoms with Gasteiger partial charge in [-0.2, -0.15) is 0 Å². The lowest BCUT2D eigenvalue weighted by Gasteiger charge is -2.24. The Morgan fingerprint density at radius 2 is 1.81 bits per heavy atom. The van der Waals surface area contributed by atoms with Crippen molar-refractivity contribution in [3.05, 3.63) is 29.3 Å². The van der Waals surface area contributed by atoms with E-state index in [-0.39, 0.29) is 5.41 Å². The van der Waals surface area contributed by atoms with Gasteiger partial charge in [-0.25, -0.2) is 0 Å². The van der Waals surface area contributed by atoms with Crippen LogP contribution in [0.15, 0.2) is 18.2 Å². The average Bonchev–Trinajstić information content (AvgIpc) is 2.16. The molecule has 0 aliphatic heterocycles. The summed E-state index contributed by atoms with van der Waals surface area (Å²) in [6.45, 7) is 8.56. The van der Waals surface area contributed by atoms with Gasteiger partial charge in [0, 0.05) is 5.41 Å². The van der Waals surface area contributed by atoms with Crippen LogP contribution in [-0.2, 0) is 0 Å². The standard InChI is InChI=1S/C13H19NOS/c1-9-6-5-7-10(2)11(9)15-8-13(3,4)12(14)16/h5-7H,8H2,1-4H3,(H2,14,16). The molecule has 3 heteroatoms. The maximum Gasteiger partial charge on any atom is 0.125 e. The topological polar surface area (TPSA) is 35.2 Å². The average molecular weight is 237 g/mol. The molecule has 0 bridgehead atoms. The largest absolute Gasteiger partial charge is 0.492 e. The molecule has 0 saturated carbocycles. The molecule has 1 aromatic carbocycles. The second-order valence-corrected chi connectivity index (χ2v) is 5.20. The summed E-state index contributed by atoms with van der Waals surface area (Å²) in [4.78, 5) is 0.485. The highest BCUT2D eigenvalue weighted by molar-refractivity contribution is 7.80. The van der Waals surface area contributed by atoms with Crippen LogP contribution >= 0.6 is 12.2 Å². The molecule has 0 atom stereocenters. The number of benzene rings is 1. The summed E-state index contributed by atoms with van der Waals surface area (Å²) in [5.74, 6) is 0.937. The van der Waals surface area contributed by atoms with Crippen LogP contribution in [0.1, 0.15) is 25.0 Å². The Hall–Kier alpha value is -1.09. The van der Waals surface area contributed by atoms with Gasteiger partial charge in [-0.3, -0.25) is 0 Å². The van der Waals surface area contributed by atoms with Gasteiger partial charge in [0.25, 0.3) is 0 Å². The quantitative estimate of drug-likeness (QED) is 0.818. The Morgan fingerprint density at radius 3 is 2.25 bits per heavy atom. The molecule has 2 N–H and O–H groups in total. The fraction of sp³-hybridized carbons (Fsp3) is 0.462. The lowest BCUT2D eigenvalue weighted by molar-refractivity contribution is 0.234. The van der Waals surface area contributed by atoms with Crippen molar-refractivity contribution >= 4 is 17.2 Å². The van der Waals surface area contributed by atoms with E-state index < -0.39 is 0 Å². The third kappa shape index (κ3) is 2.95. The first-order chi connectivity index (χ1) is 7.34. The van der Waals surface area contributed by atoms with Crippen LogP contribution in [0.3, 0.4) is 0 Å². The lowest BCUT2D eigenvalue weighted by Crippen LogP contribution is -2.35. The van der Waals surface area contributed by atoms with Gasteiger partial charge in [0.1, 0.15) is 5.75 Å². The molecule has 0 spiro atoms. The van der Waals surface area contributed by atoms with E-state index in [1.165, 1.54) is 0 Å². The fourth-order valence-electron chi connectivity index (χ4n) is 1.35. The molecular formula is C13H19NOS. The molecule has 0 fully saturated rings. The van der Waals surface area contributed by atoms with Crippen molar-refractivity contribution in [1.29, 1.82) is 0 Å². The van der Waals surface area contributed by atoms with Gasteiger partial charge in [0.2, 0.25) is 0 Å². The van der Waals surface area contributed by atoms with Gasteiger partial charge in [-0.05, 0) is 25.0 Å². The minimum Gasteiger partial charge on any atom is -0.492 e. The van der Waals surface area contributed by atoms with Crippen LogP contribution < -0.4 is 10.5 Å². The molecule has 0 unspecified atom stereocenters. The van der Waals surface area contributed by atoms with Crippen molar-refractivity contribution < 1.29 is 4.74 Å². The van der Waals surface area contributed by atoms with E-state index in [2.05, 4.69) is 0 Å².